The van der Waals surface area contributed by atoms with Crippen LogP contribution in [0.4, 0.5) is 0 Å². The average Bonchev–Trinajstić information content (AvgIpc) is 3.11. The first-order chi connectivity index (χ1) is 11.7. The van der Waals surface area contributed by atoms with Gasteiger partial charge in [0.05, 0.1) is 6.54 Å². The number of amides is 1. The molecule has 1 amide bonds. The van der Waals surface area contributed by atoms with Crippen LogP contribution in [-0.4, -0.2) is 66.4 Å². The molecule has 0 aromatic heterocycles. The maximum absolute atomic E-state index is 12.5. The van der Waals surface area contributed by atoms with Crippen molar-refractivity contribution in [3.63, 3.8) is 0 Å². The molecule has 2 heterocycles. The van der Waals surface area contributed by atoms with Crippen molar-refractivity contribution < 1.29 is 4.79 Å². The summed E-state index contributed by atoms with van der Waals surface area (Å²) in [6.07, 6.45) is 3.55. The second-order valence-electron chi connectivity index (χ2n) is 6.88. The third kappa shape index (κ3) is 4.29. The fourth-order valence-corrected chi connectivity index (χ4v) is 4.03. The third-order valence-electron chi connectivity index (χ3n) is 5.31. The summed E-state index contributed by atoms with van der Waals surface area (Å²) in [5.41, 5.74) is 1.32. The smallest absolute Gasteiger partial charge is 0.236 e. The highest BCUT2D eigenvalue weighted by Crippen LogP contribution is 2.26. The molecule has 3 rings (SSSR count). The molecular weight excluding hydrogens is 322 g/mol. The largest absolute Gasteiger partial charge is 0.339 e. The predicted octanol–water partition coefficient (Wildman–Crippen LogP) is 3.03. The summed E-state index contributed by atoms with van der Waals surface area (Å²) >= 11 is 6.01. The molecular formula is C19H28ClN3O. The Kier molecular flexibility index (Phi) is 6.14. The highest BCUT2D eigenvalue weighted by molar-refractivity contribution is 6.30. The van der Waals surface area contributed by atoms with Gasteiger partial charge in [-0.2, -0.15) is 0 Å². The fourth-order valence-electron chi connectivity index (χ4n) is 3.90. The highest BCUT2D eigenvalue weighted by atomic mass is 35.5. The zero-order chi connectivity index (χ0) is 16.9. The van der Waals surface area contributed by atoms with Gasteiger partial charge in [0.25, 0.3) is 0 Å². The van der Waals surface area contributed by atoms with Crippen LogP contribution in [0.15, 0.2) is 24.3 Å². The molecule has 1 aromatic carbocycles. The van der Waals surface area contributed by atoms with Crippen LogP contribution in [0.1, 0.15) is 37.8 Å². The summed E-state index contributed by atoms with van der Waals surface area (Å²) in [6, 6.07) is 8.60. The maximum atomic E-state index is 12.5. The van der Waals surface area contributed by atoms with Crippen LogP contribution in [0, 0.1) is 0 Å². The Morgan fingerprint density at radius 2 is 1.67 bits per heavy atom. The van der Waals surface area contributed by atoms with E-state index in [4.69, 9.17) is 11.6 Å². The SMILES string of the molecule is CCC(c1ccc(Cl)cc1)N1CCN(C(=O)CN2CCCC2)CC1. The van der Waals surface area contributed by atoms with Crippen LogP contribution >= 0.6 is 11.6 Å². The number of carbonyl (C=O) groups excluding carboxylic acids is 1. The van der Waals surface area contributed by atoms with Crippen molar-refractivity contribution >= 4 is 17.5 Å². The Hall–Kier alpha value is -1.10. The van der Waals surface area contributed by atoms with Gasteiger partial charge < -0.3 is 4.90 Å². The van der Waals surface area contributed by atoms with E-state index in [9.17, 15) is 4.79 Å². The van der Waals surface area contributed by atoms with E-state index in [2.05, 4.69) is 28.9 Å². The molecule has 0 N–H and O–H groups in total. The van der Waals surface area contributed by atoms with E-state index in [1.165, 1.54) is 18.4 Å². The van der Waals surface area contributed by atoms with E-state index in [-0.39, 0.29) is 0 Å². The minimum Gasteiger partial charge on any atom is -0.339 e. The van der Waals surface area contributed by atoms with Crippen molar-refractivity contribution in [2.75, 3.05) is 45.8 Å². The number of halogens is 1. The number of benzene rings is 1. The van der Waals surface area contributed by atoms with Gasteiger partial charge in [-0.15, -0.1) is 0 Å². The molecule has 5 heteroatoms. The Morgan fingerprint density at radius 3 is 2.25 bits per heavy atom. The van der Waals surface area contributed by atoms with E-state index < -0.39 is 0 Å². The molecule has 2 fully saturated rings. The number of rotatable bonds is 5. The number of likely N-dealkylation sites (tertiary alicyclic amines) is 1. The summed E-state index contributed by atoms with van der Waals surface area (Å²) in [5, 5.41) is 0.783. The lowest BCUT2D eigenvalue weighted by Gasteiger charge is -2.39. The summed E-state index contributed by atoms with van der Waals surface area (Å²) in [7, 11) is 0. The van der Waals surface area contributed by atoms with Gasteiger partial charge in [-0.1, -0.05) is 30.7 Å². The van der Waals surface area contributed by atoms with Crippen molar-refractivity contribution in [2.24, 2.45) is 0 Å². The van der Waals surface area contributed by atoms with Gasteiger partial charge in [-0.05, 0) is 50.0 Å². The zero-order valence-corrected chi connectivity index (χ0v) is 15.3. The maximum Gasteiger partial charge on any atom is 0.236 e. The molecule has 0 aliphatic carbocycles. The standard InChI is InChI=1S/C19H28ClN3O/c1-2-18(16-5-7-17(20)8-6-16)22-11-13-23(14-12-22)19(24)15-21-9-3-4-10-21/h5-8,18H,2-4,9-15H2,1H3. The molecule has 4 nitrogen and oxygen atoms in total. The second kappa shape index (κ2) is 8.32. The molecule has 2 saturated heterocycles. The average molecular weight is 350 g/mol. The van der Waals surface area contributed by atoms with Crippen LogP contribution in [0.5, 0.6) is 0 Å². The first-order valence-electron chi connectivity index (χ1n) is 9.17. The van der Waals surface area contributed by atoms with E-state index >= 15 is 0 Å². The fraction of sp³-hybridized carbons (Fsp3) is 0.632. The van der Waals surface area contributed by atoms with E-state index in [0.717, 1.165) is 50.7 Å². The number of hydrogen-bond donors (Lipinski definition) is 0. The van der Waals surface area contributed by atoms with Crippen molar-refractivity contribution in [1.82, 2.24) is 14.7 Å². The molecule has 1 aromatic rings. The normalized spacial score (nSPS) is 21.2. The number of piperazine rings is 1. The van der Waals surface area contributed by atoms with Crippen LogP contribution in [0.25, 0.3) is 0 Å². The Morgan fingerprint density at radius 1 is 1.04 bits per heavy atom. The zero-order valence-electron chi connectivity index (χ0n) is 14.6. The van der Waals surface area contributed by atoms with Gasteiger partial charge in [0, 0.05) is 37.2 Å². The first-order valence-corrected chi connectivity index (χ1v) is 9.55. The molecule has 0 spiro atoms. The number of hydrogen-bond acceptors (Lipinski definition) is 3. The minimum atomic E-state index is 0.302. The van der Waals surface area contributed by atoms with Crippen LogP contribution in [-0.2, 0) is 4.79 Å². The molecule has 0 radical (unpaired) electrons. The molecule has 24 heavy (non-hydrogen) atoms. The van der Waals surface area contributed by atoms with Crippen LogP contribution in [0.2, 0.25) is 5.02 Å². The molecule has 132 valence electrons. The molecule has 2 aliphatic rings. The van der Waals surface area contributed by atoms with Crippen LogP contribution < -0.4 is 0 Å². The summed E-state index contributed by atoms with van der Waals surface area (Å²) in [5.74, 6) is 0.302. The number of nitrogens with zero attached hydrogens (tertiary/aromatic N) is 3. The quantitative estimate of drug-likeness (QED) is 0.817. The lowest BCUT2D eigenvalue weighted by molar-refractivity contribution is -0.134. The summed E-state index contributed by atoms with van der Waals surface area (Å²) in [6.45, 7) is 8.59. The third-order valence-corrected chi connectivity index (χ3v) is 5.56. The molecule has 1 atom stereocenters. The van der Waals surface area contributed by atoms with Crippen molar-refractivity contribution in [3.05, 3.63) is 34.9 Å². The van der Waals surface area contributed by atoms with Gasteiger partial charge in [-0.25, -0.2) is 0 Å². The summed E-state index contributed by atoms with van der Waals surface area (Å²) < 4.78 is 0. The Bertz CT molecular complexity index is 534. The van der Waals surface area contributed by atoms with Gasteiger partial charge in [0.15, 0.2) is 0 Å². The van der Waals surface area contributed by atoms with Crippen molar-refractivity contribution in [2.45, 2.75) is 32.2 Å². The summed E-state index contributed by atoms with van der Waals surface area (Å²) in [4.78, 5) is 19.3. The monoisotopic (exact) mass is 349 g/mol. The Labute approximate surface area is 150 Å². The van der Waals surface area contributed by atoms with E-state index in [0.29, 0.717) is 18.5 Å². The molecule has 0 bridgehead atoms. The molecule has 0 saturated carbocycles. The lowest BCUT2D eigenvalue weighted by atomic mass is 10.0. The Balaban J connectivity index is 1.53. The number of carbonyl (C=O) groups is 1. The van der Waals surface area contributed by atoms with Crippen molar-refractivity contribution in [3.8, 4) is 0 Å². The lowest BCUT2D eigenvalue weighted by Crippen LogP contribution is -2.51. The van der Waals surface area contributed by atoms with Gasteiger partial charge in [0.1, 0.15) is 0 Å². The van der Waals surface area contributed by atoms with Crippen LogP contribution in [0.3, 0.4) is 0 Å². The topological polar surface area (TPSA) is 26.8 Å². The van der Waals surface area contributed by atoms with E-state index in [1.807, 2.05) is 17.0 Å². The molecule has 2 aliphatic heterocycles. The van der Waals surface area contributed by atoms with Gasteiger partial charge in [-0.3, -0.25) is 14.6 Å². The van der Waals surface area contributed by atoms with Gasteiger partial charge in [0.2, 0.25) is 5.91 Å². The van der Waals surface area contributed by atoms with Gasteiger partial charge >= 0.3 is 0 Å². The van der Waals surface area contributed by atoms with Crippen molar-refractivity contribution in [1.29, 1.82) is 0 Å². The van der Waals surface area contributed by atoms with E-state index in [1.54, 1.807) is 0 Å². The molecule has 1 unspecified atom stereocenters. The second-order valence-corrected chi connectivity index (χ2v) is 7.31. The highest BCUT2D eigenvalue weighted by Gasteiger charge is 2.27. The first kappa shape index (κ1) is 17.7. The predicted molar refractivity (Wildman–Crippen MR) is 98.3 cm³/mol. The minimum absolute atomic E-state index is 0.302.